The van der Waals surface area contributed by atoms with Gasteiger partial charge in [-0.05, 0) is 28.9 Å². The smallest absolute Gasteiger partial charge is 0.265 e. The molecule has 0 fully saturated rings. The summed E-state index contributed by atoms with van der Waals surface area (Å²) in [5, 5.41) is 4.62. The van der Waals surface area contributed by atoms with Gasteiger partial charge < -0.3 is 5.32 Å². The molecule has 0 radical (unpaired) electrons. The molecule has 8 heteroatoms. The fraction of sp³-hybridized carbons (Fsp3) is 0.0769. The van der Waals surface area contributed by atoms with E-state index >= 15 is 0 Å². The summed E-state index contributed by atoms with van der Waals surface area (Å²) in [5.41, 5.74) is 0.547. The van der Waals surface area contributed by atoms with Crippen molar-refractivity contribution in [2.24, 2.45) is 0 Å². The van der Waals surface area contributed by atoms with E-state index in [1.165, 1.54) is 11.3 Å². The predicted molar refractivity (Wildman–Crippen MR) is 83.9 cm³/mol. The Hall–Kier alpha value is -2.06. The van der Waals surface area contributed by atoms with Gasteiger partial charge in [-0.3, -0.25) is 9.36 Å². The zero-order valence-corrected chi connectivity index (χ0v) is 13.3. The van der Waals surface area contributed by atoms with E-state index in [1.807, 2.05) is 12.3 Å². The van der Waals surface area contributed by atoms with Gasteiger partial charge in [-0.2, -0.15) is 0 Å². The molecular weight excluding hydrogens is 354 g/mol. The fourth-order valence-electron chi connectivity index (χ4n) is 1.72. The average molecular weight is 364 g/mol. The van der Waals surface area contributed by atoms with Crippen LogP contribution < -0.4 is 5.32 Å². The van der Waals surface area contributed by atoms with Crippen LogP contribution in [0.4, 0.5) is 5.69 Å². The lowest BCUT2D eigenvalue weighted by molar-refractivity contribution is 0.103. The summed E-state index contributed by atoms with van der Waals surface area (Å²) in [6, 6.07) is 1.77. The molecule has 21 heavy (non-hydrogen) atoms. The van der Waals surface area contributed by atoms with Crippen molar-refractivity contribution in [2.75, 3.05) is 5.32 Å². The number of rotatable bonds is 3. The Morgan fingerprint density at radius 2 is 2.10 bits per heavy atom. The summed E-state index contributed by atoms with van der Waals surface area (Å²) in [7, 11) is 0. The Balaban J connectivity index is 1.76. The molecule has 0 bridgehead atoms. The molecule has 3 aromatic heterocycles. The summed E-state index contributed by atoms with van der Waals surface area (Å²) in [5.74, 6) is 1.14. The Morgan fingerprint density at radius 3 is 2.67 bits per heavy atom. The highest BCUT2D eigenvalue weighted by Gasteiger charge is 2.10. The van der Waals surface area contributed by atoms with Crippen molar-refractivity contribution in [1.82, 2.24) is 19.5 Å². The molecule has 0 spiro atoms. The van der Waals surface area contributed by atoms with E-state index in [9.17, 15) is 4.79 Å². The summed E-state index contributed by atoms with van der Waals surface area (Å²) in [6.07, 6.45) is 6.61. The topological polar surface area (TPSA) is 72.7 Å². The first-order valence-corrected chi connectivity index (χ1v) is 7.68. The number of thiophene rings is 1. The second-order valence-corrected chi connectivity index (χ2v) is 6.03. The van der Waals surface area contributed by atoms with Crippen LogP contribution in [0.1, 0.15) is 15.5 Å². The zero-order valence-electron chi connectivity index (χ0n) is 10.9. The second-order valence-electron chi connectivity index (χ2n) is 4.20. The van der Waals surface area contributed by atoms with Crippen molar-refractivity contribution in [3.05, 3.63) is 51.4 Å². The Labute approximate surface area is 133 Å². The lowest BCUT2D eigenvalue weighted by Gasteiger charge is -2.05. The van der Waals surface area contributed by atoms with Crippen LogP contribution in [0.5, 0.6) is 0 Å². The number of carbonyl (C=O) groups is 1. The molecular formula is C13H10BrN5OS. The van der Waals surface area contributed by atoms with E-state index in [0.29, 0.717) is 16.5 Å². The summed E-state index contributed by atoms with van der Waals surface area (Å²) in [4.78, 5) is 25.2. The fourth-order valence-corrected chi connectivity index (χ4v) is 3.05. The van der Waals surface area contributed by atoms with Crippen molar-refractivity contribution >= 4 is 38.9 Å². The van der Waals surface area contributed by atoms with E-state index in [0.717, 1.165) is 10.3 Å². The van der Waals surface area contributed by atoms with Crippen LogP contribution >= 0.6 is 27.3 Å². The van der Waals surface area contributed by atoms with Crippen LogP contribution in [-0.4, -0.2) is 25.4 Å². The third-order valence-electron chi connectivity index (χ3n) is 2.73. The van der Waals surface area contributed by atoms with Gasteiger partial charge in [0.25, 0.3) is 5.91 Å². The summed E-state index contributed by atoms with van der Waals surface area (Å²) < 4.78 is 2.65. The number of hydrogen-bond acceptors (Lipinski definition) is 5. The summed E-state index contributed by atoms with van der Waals surface area (Å²) in [6.45, 7) is 1.87. The van der Waals surface area contributed by atoms with E-state index < -0.39 is 0 Å². The number of anilines is 1. The van der Waals surface area contributed by atoms with Crippen LogP contribution in [0.25, 0.3) is 5.95 Å². The number of nitrogens with one attached hydrogen (secondary N) is 1. The number of amides is 1. The molecule has 0 aliphatic rings. The van der Waals surface area contributed by atoms with Gasteiger partial charge in [0, 0.05) is 22.2 Å². The number of hydrogen-bond donors (Lipinski definition) is 1. The molecule has 0 aliphatic heterocycles. The molecule has 0 unspecified atom stereocenters. The van der Waals surface area contributed by atoms with Crippen molar-refractivity contribution in [3.8, 4) is 5.95 Å². The van der Waals surface area contributed by atoms with Gasteiger partial charge in [0.2, 0.25) is 5.95 Å². The minimum absolute atomic E-state index is 0.180. The number of carbonyl (C=O) groups excluding carboxylic acids is 1. The van der Waals surface area contributed by atoms with Gasteiger partial charge in [-0.1, -0.05) is 0 Å². The maximum Gasteiger partial charge on any atom is 0.265 e. The van der Waals surface area contributed by atoms with Gasteiger partial charge in [0.05, 0.1) is 23.0 Å². The molecule has 0 saturated carbocycles. The molecule has 1 N–H and O–H groups in total. The van der Waals surface area contributed by atoms with Crippen LogP contribution in [-0.2, 0) is 0 Å². The van der Waals surface area contributed by atoms with Crippen molar-refractivity contribution in [3.63, 3.8) is 0 Å². The van der Waals surface area contributed by atoms with Gasteiger partial charge in [0.1, 0.15) is 5.82 Å². The van der Waals surface area contributed by atoms with E-state index in [-0.39, 0.29) is 5.91 Å². The molecule has 1 amide bonds. The van der Waals surface area contributed by atoms with Gasteiger partial charge >= 0.3 is 0 Å². The molecule has 6 nitrogen and oxygen atoms in total. The number of imidazole rings is 1. The summed E-state index contributed by atoms with van der Waals surface area (Å²) >= 11 is 4.69. The second kappa shape index (κ2) is 5.74. The van der Waals surface area contributed by atoms with Crippen LogP contribution in [0.3, 0.4) is 0 Å². The minimum atomic E-state index is -0.180. The highest BCUT2D eigenvalue weighted by atomic mass is 79.9. The Morgan fingerprint density at radius 1 is 1.33 bits per heavy atom. The highest BCUT2D eigenvalue weighted by molar-refractivity contribution is 9.10. The first kappa shape index (κ1) is 13.9. The number of halogens is 1. The molecule has 106 valence electrons. The lowest BCUT2D eigenvalue weighted by atomic mass is 10.4. The van der Waals surface area contributed by atoms with Crippen molar-refractivity contribution in [2.45, 2.75) is 6.92 Å². The number of nitrogens with zero attached hydrogens (tertiary/aromatic N) is 4. The standard InChI is InChI=1S/C13H10BrN5OS/c1-8-15-2-3-19(8)13-16-5-10(6-17-13)18-12(20)11-4-9(14)7-21-11/h2-7H,1H3,(H,18,20). The van der Waals surface area contributed by atoms with Gasteiger partial charge in [-0.25, -0.2) is 15.0 Å². The van der Waals surface area contributed by atoms with Crippen molar-refractivity contribution < 1.29 is 4.79 Å². The monoisotopic (exact) mass is 363 g/mol. The van der Waals surface area contributed by atoms with E-state index in [2.05, 4.69) is 36.2 Å². The third-order valence-corrected chi connectivity index (χ3v) is 4.42. The number of aromatic nitrogens is 4. The molecule has 3 rings (SSSR count). The van der Waals surface area contributed by atoms with Gasteiger partial charge in [-0.15, -0.1) is 11.3 Å². The molecule has 3 aromatic rings. The lowest BCUT2D eigenvalue weighted by Crippen LogP contribution is -2.11. The number of aryl methyl sites for hydroxylation is 1. The SMILES string of the molecule is Cc1nccn1-c1ncc(NC(=O)c2cc(Br)cs2)cn1. The first-order chi connectivity index (χ1) is 10.1. The quantitative estimate of drug-likeness (QED) is 0.775. The largest absolute Gasteiger partial charge is 0.319 e. The molecule has 0 aromatic carbocycles. The van der Waals surface area contributed by atoms with Crippen LogP contribution in [0.15, 0.2) is 40.7 Å². The maximum atomic E-state index is 12.0. The van der Waals surface area contributed by atoms with Crippen molar-refractivity contribution in [1.29, 1.82) is 0 Å². The molecule has 3 heterocycles. The van der Waals surface area contributed by atoms with E-state index in [4.69, 9.17) is 0 Å². The minimum Gasteiger partial charge on any atom is -0.319 e. The molecule has 0 aliphatic carbocycles. The predicted octanol–water partition coefficient (Wildman–Crippen LogP) is 3.05. The van der Waals surface area contributed by atoms with E-state index in [1.54, 1.807) is 35.4 Å². The van der Waals surface area contributed by atoms with Crippen LogP contribution in [0, 0.1) is 6.92 Å². The zero-order chi connectivity index (χ0) is 14.8. The Kier molecular flexibility index (Phi) is 3.80. The van der Waals surface area contributed by atoms with Crippen LogP contribution in [0.2, 0.25) is 0 Å². The highest BCUT2D eigenvalue weighted by Crippen LogP contribution is 2.20. The normalized spacial score (nSPS) is 10.6. The maximum absolute atomic E-state index is 12.0. The molecule has 0 saturated heterocycles. The van der Waals surface area contributed by atoms with Gasteiger partial charge in [0.15, 0.2) is 0 Å². The Bertz CT molecular complexity index is 780. The average Bonchev–Trinajstić information content (AvgIpc) is 3.08. The third kappa shape index (κ3) is 3.01. The molecule has 0 atom stereocenters. The first-order valence-electron chi connectivity index (χ1n) is 6.01.